The topological polar surface area (TPSA) is 64.8 Å². The highest BCUT2D eigenvalue weighted by molar-refractivity contribution is 5.76. The van der Waals surface area contributed by atoms with Gasteiger partial charge in [0.1, 0.15) is 5.75 Å². The van der Waals surface area contributed by atoms with Crippen LogP contribution in [0.2, 0.25) is 0 Å². The first kappa shape index (κ1) is 15.3. The number of ether oxygens (including phenoxy) is 2. The maximum atomic E-state index is 11.9. The average molecular weight is 266 g/mol. The van der Waals surface area contributed by atoms with Crippen LogP contribution in [0.5, 0.6) is 5.75 Å². The van der Waals surface area contributed by atoms with Gasteiger partial charge in [0.15, 0.2) is 0 Å². The van der Waals surface area contributed by atoms with E-state index >= 15 is 0 Å². The summed E-state index contributed by atoms with van der Waals surface area (Å²) in [7, 11) is 1.62. The zero-order valence-corrected chi connectivity index (χ0v) is 11.6. The molecule has 1 amide bonds. The van der Waals surface area contributed by atoms with Crippen molar-refractivity contribution in [3.05, 3.63) is 24.3 Å². The molecule has 5 nitrogen and oxygen atoms in total. The highest BCUT2D eigenvalue weighted by atomic mass is 16.5. The van der Waals surface area contributed by atoms with Crippen molar-refractivity contribution in [1.82, 2.24) is 4.90 Å². The molecule has 0 heterocycles. The Morgan fingerprint density at radius 3 is 2.68 bits per heavy atom. The van der Waals surface area contributed by atoms with Gasteiger partial charge in [-0.15, -0.1) is 0 Å². The zero-order chi connectivity index (χ0) is 14.1. The van der Waals surface area contributed by atoms with E-state index in [2.05, 4.69) is 0 Å². The number of hydrogen-bond acceptors (Lipinski definition) is 4. The molecule has 0 bridgehead atoms. The van der Waals surface area contributed by atoms with Crippen LogP contribution in [0.1, 0.15) is 13.3 Å². The van der Waals surface area contributed by atoms with Crippen molar-refractivity contribution in [3.63, 3.8) is 0 Å². The molecule has 0 aromatic heterocycles. The average Bonchev–Trinajstić information content (AvgIpc) is 2.42. The lowest BCUT2D eigenvalue weighted by molar-refractivity contribution is -0.132. The molecule has 0 unspecified atom stereocenters. The second kappa shape index (κ2) is 8.37. The summed E-state index contributed by atoms with van der Waals surface area (Å²) in [5.74, 6) is 0.685. The molecular weight excluding hydrogens is 244 g/mol. The molecule has 0 spiro atoms. The van der Waals surface area contributed by atoms with Gasteiger partial charge in [-0.1, -0.05) is 12.1 Å². The Balaban J connectivity index is 2.35. The van der Waals surface area contributed by atoms with E-state index in [0.717, 1.165) is 0 Å². The molecule has 2 N–H and O–H groups in total. The first-order valence-electron chi connectivity index (χ1n) is 6.43. The van der Waals surface area contributed by atoms with Gasteiger partial charge in [0.05, 0.1) is 25.3 Å². The van der Waals surface area contributed by atoms with E-state index < -0.39 is 0 Å². The molecule has 0 aliphatic heterocycles. The molecule has 5 heteroatoms. The highest BCUT2D eigenvalue weighted by Gasteiger charge is 2.11. The van der Waals surface area contributed by atoms with Gasteiger partial charge in [0.2, 0.25) is 5.91 Å². The van der Waals surface area contributed by atoms with E-state index in [1.165, 1.54) is 0 Å². The van der Waals surface area contributed by atoms with E-state index in [1.807, 2.05) is 19.1 Å². The van der Waals surface area contributed by atoms with E-state index in [-0.39, 0.29) is 5.91 Å². The van der Waals surface area contributed by atoms with Crippen LogP contribution in [0, 0.1) is 0 Å². The van der Waals surface area contributed by atoms with Crippen LogP contribution in [-0.2, 0) is 9.53 Å². The summed E-state index contributed by atoms with van der Waals surface area (Å²) in [4.78, 5) is 13.7. The van der Waals surface area contributed by atoms with Crippen molar-refractivity contribution in [3.8, 4) is 5.75 Å². The Morgan fingerprint density at radius 2 is 2.05 bits per heavy atom. The number of carbonyl (C=O) groups excluding carboxylic acids is 1. The van der Waals surface area contributed by atoms with Gasteiger partial charge in [-0.3, -0.25) is 4.79 Å². The number of benzene rings is 1. The second-order valence-electron chi connectivity index (χ2n) is 4.10. The van der Waals surface area contributed by atoms with Crippen LogP contribution in [0.25, 0.3) is 0 Å². The Bertz CT molecular complexity index is 396. The van der Waals surface area contributed by atoms with Crippen LogP contribution in [0.3, 0.4) is 0 Å². The number of methoxy groups -OCH3 is 1. The maximum absolute atomic E-state index is 11.9. The first-order chi connectivity index (χ1) is 9.19. The standard InChI is InChI=1S/C14H22N2O3/c1-3-16(9-11-18-2)14(17)8-10-19-13-7-5-4-6-12(13)15/h4-7H,3,8-11,15H2,1-2H3. The van der Waals surface area contributed by atoms with Gasteiger partial charge in [-0.25, -0.2) is 0 Å². The fourth-order valence-electron chi connectivity index (χ4n) is 1.68. The number of likely N-dealkylation sites (N-methyl/N-ethyl adjacent to an activating group) is 1. The SMILES string of the molecule is CCN(CCOC)C(=O)CCOc1ccccc1N. The van der Waals surface area contributed by atoms with Crippen molar-refractivity contribution < 1.29 is 14.3 Å². The Hall–Kier alpha value is -1.75. The van der Waals surface area contributed by atoms with Crippen LogP contribution in [0.15, 0.2) is 24.3 Å². The molecule has 1 aromatic carbocycles. The molecule has 0 atom stereocenters. The molecule has 1 aromatic rings. The number of amides is 1. The first-order valence-corrected chi connectivity index (χ1v) is 6.43. The minimum atomic E-state index is 0.0639. The molecule has 19 heavy (non-hydrogen) atoms. The predicted molar refractivity (Wildman–Crippen MR) is 75.1 cm³/mol. The zero-order valence-electron chi connectivity index (χ0n) is 11.6. The normalized spacial score (nSPS) is 10.2. The summed E-state index contributed by atoms with van der Waals surface area (Å²) in [6, 6.07) is 7.26. The number of nitrogen functional groups attached to an aromatic ring is 1. The summed E-state index contributed by atoms with van der Waals surface area (Å²) in [5, 5.41) is 0. The maximum Gasteiger partial charge on any atom is 0.226 e. The quantitative estimate of drug-likeness (QED) is 0.725. The second-order valence-corrected chi connectivity index (χ2v) is 4.10. The van der Waals surface area contributed by atoms with Crippen molar-refractivity contribution in [2.75, 3.05) is 39.1 Å². The molecule has 0 aliphatic carbocycles. The fourth-order valence-corrected chi connectivity index (χ4v) is 1.68. The van der Waals surface area contributed by atoms with Crippen LogP contribution in [-0.4, -0.2) is 44.2 Å². The van der Waals surface area contributed by atoms with Crippen molar-refractivity contribution in [2.45, 2.75) is 13.3 Å². The number of nitrogens with zero attached hydrogens (tertiary/aromatic N) is 1. The lowest BCUT2D eigenvalue weighted by atomic mass is 10.3. The van der Waals surface area contributed by atoms with Gasteiger partial charge in [-0.2, -0.15) is 0 Å². The van der Waals surface area contributed by atoms with Crippen molar-refractivity contribution in [1.29, 1.82) is 0 Å². The minimum absolute atomic E-state index is 0.0639. The van der Waals surface area contributed by atoms with Crippen LogP contribution in [0.4, 0.5) is 5.69 Å². The molecule has 0 radical (unpaired) electrons. The molecular formula is C14H22N2O3. The van der Waals surface area contributed by atoms with Gasteiger partial charge in [0.25, 0.3) is 0 Å². The molecule has 106 valence electrons. The Morgan fingerprint density at radius 1 is 1.32 bits per heavy atom. The molecule has 0 aliphatic rings. The van der Waals surface area contributed by atoms with E-state index in [9.17, 15) is 4.79 Å². The summed E-state index contributed by atoms with van der Waals surface area (Å²) in [6.07, 6.45) is 0.339. The summed E-state index contributed by atoms with van der Waals surface area (Å²) < 4.78 is 10.5. The number of carbonyl (C=O) groups is 1. The van der Waals surface area contributed by atoms with Gasteiger partial charge in [-0.05, 0) is 19.1 Å². The molecule has 0 saturated heterocycles. The third-order valence-electron chi connectivity index (χ3n) is 2.79. The Labute approximate surface area is 114 Å². The summed E-state index contributed by atoms with van der Waals surface area (Å²) in [5.41, 5.74) is 6.34. The Kier molecular flexibility index (Phi) is 6.74. The third kappa shape index (κ3) is 5.18. The van der Waals surface area contributed by atoms with Gasteiger partial charge >= 0.3 is 0 Å². The van der Waals surface area contributed by atoms with Gasteiger partial charge < -0.3 is 20.1 Å². The van der Waals surface area contributed by atoms with Gasteiger partial charge in [0, 0.05) is 20.2 Å². The molecule has 0 saturated carbocycles. The monoisotopic (exact) mass is 266 g/mol. The lowest BCUT2D eigenvalue weighted by Gasteiger charge is -2.20. The van der Waals surface area contributed by atoms with Crippen molar-refractivity contribution in [2.24, 2.45) is 0 Å². The number of nitrogens with two attached hydrogens (primary N) is 1. The number of para-hydroxylation sites is 2. The summed E-state index contributed by atoms with van der Waals surface area (Å²) in [6.45, 7) is 4.11. The number of rotatable bonds is 8. The lowest BCUT2D eigenvalue weighted by Crippen LogP contribution is -2.34. The van der Waals surface area contributed by atoms with E-state index in [0.29, 0.717) is 44.2 Å². The fraction of sp³-hybridized carbons (Fsp3) is 0.500. The largest absolute Gasteiger partial charge is 0.491 e. The summed E-state index contributed by atoms with van der Waals surface area (Å²) >= 11 is 0. The molecule has 1 rings (SSSR count). The van der Waals surface area contributed by atoms with Crippen molar-refractivity contribution >= 4 is 11.6 Å². The molecule has 0 fully saturated rings. The third-order valence-corrected chi connectivity index (χ3v) is 2.79. The van der Waals surface area contributed by atoms with Crippen LogP contribution < -0.4 is 10.5 Å². The number of hydrogen-bond donors (Lipinski definition) is 1. The minimum Gasteiger partial charge on any atom is -0.491 e. The highest BCUT2D eigenvalue weighted by Crippen LogP contribution is 2.19. The smallest absolute Gasteiger partial charge is 0.226 e. The predicted octanol–water partition coefficient (Wildman–Crippen LogP) is 1.53. The van der Waals surface area contributed by atoms with E-state index in [4.69, 9.17) is 15.2 Å². The van der Waals surface area contributed by atoms with E-state index in [1.54, 1.807) is 24.1 Å². The van der Waals surface area contributed by atoms with Crippen LogP contribution >= 0.6 is 0 Å². The number of anilines is 1.